The fourth-order valence-electron chi connectivity index (χ4n) is 2.63. The number of benzene rings is 2. The van der Waals surface area contributed by atoms with E-state index >= 15 is 0 Å². The third-order valence-corrected chi connectivity index (χ3v) is 4.52. The van der Waals surface area contributed by atoms with Crippen LogP contribution in [0.3, 0.4) is 0 Å². The molecular weight excluding hydrogens is 394 g/mol. The maximum atomic E-state index is 12.1. The van der Waals surface area contributed by atoms with Gasteiger partial charge in [-0.1, -0.05) is 45.0 Å². The van der Waals surface area contributed by atoms with Gasteiger partial charge in [0, 0.05) is 24.6 Å². The Labute approximate surface area is 182 Å². The molecule has 0 saturated carbocycles. The van der Waals surface area contributed by atoms with Crippen molar-refractivity contribution in [3.8, 4) is 5.75 Å². The molecule has 0 saturated heterocycles. The van der Waals surface area contributed by atoms with Gasteiger partial charge in [-0.05, 0) is 46.9 Å². The van der Waals surface area contributed by atoms with Crippen LogP contribution in [0.1, 0.15) is 48.7 Å². The molecule has 0 unspecified atom stereocenters. The highest BCUT2D eigenvalue weighted by molar-refractivity contribution is 5.95. The lowest BCUT2D eigenvalue weighted by atomic mass is 9.87. The molecule has 0 aromatic heterocycles. The second-order valence-electron chi connectivity index (χ2n) is 7.98. The maximum Gasteiger partial charge on any atom is 0.269 e. The van der Waals surface area contributed by atoms with Gasteiger partial charge in [-0.25, -0.2) is 0 Å². The van der Waals surface area contributed by atoms with Crippen LogP contribution in [0.5, 0.6) is 5.75 Å². The average Bonchev–Trinajstić information content (AvgIpc) is 2.76. The molecule has 0 fully saturated rings. The summed E-state index contributed by atoms with van der Waals surface area (Å²) in [6.07, 6.45) is 3.09. The van der Waals surface area contributed by atoms with Crippen molar-refractivity contribution in [2.24, 2.45) is 0 Å². The molecule has 0 radical (unpaired) electrons. The van der Waals surface area contributed by atoms with E-state index in [1.54, 1.807) is 37.5 Å². The normalized spacial score (nSPS) is 11.1. The molecule has 0 bridgehead atoms. The SMILES string of the molecule is COc1ccc(/C=C/C(=O)NCCC(=O)NNC(=O)c2ccc(C(C)(C)C)cc2)cc1. The number of methoxy groups -OCH3 is 1. The number of hydrogen-bond donors (Lipinski definition) is 3. The molecule has 31 heavy (non-hydrogen) atoms. The molecule has 0 atom stereocenters. The smallest absolute Gasteiger partial charge is 0.269 e. The molecule has 2 aromatic rings. The quantitative estimate of drug-likeness (QED) is 0.471. The molecule has 0 heterocycles. The first kappa shape index (κ1) is 23.7. The van der Waals surface area contributed by atoms with E-state index in [1.807, 2.05) is 24.3 Å². The molecule has 0 aliphatic carbocycles. The first-order valence-corrected chi connectivity index (χ1v) is 9.99. The molecule has 0 aliphatic rings. The number of ether oxygens (including phenoxy) is 1. The lowest BCUT2D eigenvalue weighted by Crippen LogP contribution is -2.42. The summed E-state index contributed by atoms with van der Waals surface area (Å²) in [5.41, 5.74) is 7.14. The molecule has 7 heteroatoms. The Kier molecular flexibility index (Phi) is 8.37. The van der Waals surface area contributed by atoms with Crippen LogP contribution in [-0.4, -0.2) is 31.4 Å². The van der Waals surface area contributed by atoms with Crippen molar-refractivity contribution in [1.82, 2.24) is 16.2 Å². The van der Waals surface area contributed by atoms with Gasteiger partial charge in [-0.2, -0.15) is 0 Å². The highest BCUT2D eigenvalue weighted by Gasteiger charge is 2.14. The van der Waals surface area contributed by atoms with Crippen LogP contribution in [0.4, 0.5) is 0 Å². The van der Waals surface area contributed by atoms with Crippen molar-refractivity contribution in [1.29, 1.82) is 0 Å². The van der Waals surface area contributed by atoms with Crippen molar-refractivity contribution in [2.45, 2.75) is 32.6 Å². The zero-order chi connectivity index (χ0) is 22.9. The fourth-order valence-corrected chi connectivity index (χ4v) is 2.63. The van der Waals surface area contributed by atoms with E-state index < -0.39 is 11.8 Å². The van der Waals surface area contributed by atoms with Crippen LogP contribution in [0.15, 0.2) is 54.6 Å². The minimum atomic E-state index is -0.404. The van der Waals surface area contributed by atoms with Crippen LogP contribution in [0, 0.1) is 0 Å². The largest absolute Gasteiger partial charge is 0.497 e. The summed E-state index contributed by atoms with van der Waals surface area (Å²) < 4.78 is 5.08. The zero-order valence-corrected chi connectivity index (χ0v) is 18.3. The second-order valence-corrected chi connectivity index (χ2v) is 7.98. The maximum absolute atomic E-state index is 12.1. The lowest BCUT2D eigenvalue weighted by molar-refractivity contribution is -0.122. The highest BCUT2D eigenvalue weighted by Crippen LogP contribution is 2.22. The van der Waals surface area contributed by atoms with Crippen LogP contribution in [-0.2, 0) is 15.0 Å². The number of hydrogen-bond acceptors (Lipinski definition) is 4. The standard InChI is InChI=1S/C24H29N3O4/c1-24(2,3)19-10-8-18(9-11-19)23(30)27-26-22(29)15-16-25-21(28)14-7-17-5-12-20(31-4)13-6-17/h5-14H,15-16H2,1-4H3,(H,25,28)(H,26,29)(H,27,30)/b14-7+. The zero-order valence-electron chi connectivity index (χ0n) is 18.3. The number of amides is 3. The Bertz CT molecular complexity index is 927. The predicted molar refractivity (Wildman–Crippen MR) is 120 cm³/mol. The van der Waals surface area contributed by atoms with Gasteiger partial charge < -0.3 is 10.1 Å². The molecule has 0 spiro atoms. The van der Waals surface area contributed by atoms with E-state index in [-0.39, 0.29) is 24.3 Å². The molecule has 2 aromatic carbocycles. The Morgan fingerprint density at radius 3 is 2.16 bits per heavy atom. The molecule has 3 amide bonds. The second kappa shape index (κ2) is 11.0. The minimum absolute atomic E-state index is 0.00249. The van der Waals surface area contributed by atoms with Crippen LogP contribution < -0.4 is 20.9 Å². The third-order valence-electron chi connectivity index (χ3n) is 4.52. The van der Waals surface area contributed by atoms with Crippen molar-refractivity contribution in [3.05, 3.63) is 71.3 Å². The topological polar surface area (TPSA) is 96.5 Å². The van der Waals surface area contributed by atoms with E-state index in [9.17, 15) is 14.4 Å². The molecular formula is C24H29N3O4. The summed E-state index contributed by atoms with van der Waals surface area (Å²) in [4.78, 5) is 35.9. The van der Waals surface area contributed by atoms with Gasteiger partial charge in [0.2, 0.25) is 11.8 Å². The van der Waals surface area contributed by atoms with E-state index in [0.717, 1.165) is 16.9 Å². The summed E-state index contributed by atoms with van der Waals surface area (Å²) in [5, 5.41) is 2.62. The van der Waals surface area contributed by atoms with Gasteiger partial charge in [0.15, 0.2) is 0 Å². The van der Waals surface area contributed by atoms with E-state index in [0.29, 0.717) is 5.56 Å². The van der Waals surface area contributed by atoms with Gasteiger partial charge in [0.25, 0.3) is 5.91 Å². The fraction of sp³-hybridized carbons (Fsp3) is 0.292. The molecule has 0 aliphatic heterocycles. The third kappa shape index (κ3) is 7.97. The highest BCUT2D eigenvalue weighted by atomic mass is 16.5. The Morgan fingerprint density at radius 2 is 1.58 bits per heavy atom. The lowest BCUT2D eigenvalue weighted by Gasteiger charge is -2.19. The van der Waals surface area contributed by atoms with Gasteiger partial charge >= 0.3 is 0 Å². The van der Waals surface area contributed by atoms with Gasteiger partial charge in [0.05, 0.1) is 7.11 Å². The number of nitrogens with one attached hydrogen (secondary N) is 3. The summed E-state index contributed by atoms with van der Waals surface area (Å²) in [7, 11) is 1.59. The summed E-state index contributed by atoms with van der Waals surface area (Å²) in [5.74, 6) is -0.382. The Morgan fingerprint density at radius 1 is 0.935 bits per heavy atom. The number of rotatable bonds is 7. The van der Waals surface area contributed by atoms with Crippen molar-refractivity contribution in [2.75, 3.05) is 13.7 Å². The molecule has 2 rings (SSSR count). The summed E-state index contributed by atoms with van der Waals surface area (Å²) in [6.45, 7) is 6.43. The molecule has 164 valence electrons. The Hall–Kier alpha value is -3.61. The van der Waals surface area contributed by atoms with Crippen LogP contribution >= 0.6 is 0 Å². The molecule has 7 nitrogen and oxygen atoms in total. The van der Waals surface area contributed by atoms with Crippen molar-refractivity contribution < 1.29 is 19.1 Å². The van der Waals surface area contributed by atoms with Crippen molar-refractivity contribution >= 4 is 23.8 Å². The molecule has 3 N–H and O–H groups in total. The average molecular weight is 424 g/mol. The van der Waals surface area contributed by atoms with Gasteiger partial charge in [0.1, 0.15) is 5.75 Å². The van der Waals surface area contributed by atoms with E-state index in [2.05, 4.69) is 36.9 Å². The minimum Gasteiger partial charge on any atom is -0.497 e. The van der Waals surface area contributed by atoms with E-state index in [4.69, 9.17) is 4.74 Å². The van der Waals surface area contributed by atoms with Gasteiger partial charge in [-0.15, -0.1) is 0 Å². The first-order valence-electron chi connectivity index (χ1n) is 9.99. The van der Waals surface area contributed by atoms with Crippen LogP contribution in [0.25, 0.3) is 6.08 Å². The number of hydrazine groups is 1. The predicted octanol–water partition coefficient (Wildman–Crippen LogP) is 2.97. The number of carbonyl (C=O) groups excluding carboxylic acids is 3. The Balaban J connectivity index is 1.69. The van der Waals surface area contributed by atoms with Gasteiger partial charge in [-0.3, -0.25) is 25.2 Å². The summed E-state index contributed by atoms with van der Waals surface area (Å²) in [6, 6.07) is 14.5. The number of carbonyl (C=O) groups is 3. The monoisotopic (exact) mass is 423 g/mol. The van der Waals surface area contributed by atoms with E-state index in [1.165, 1.54) is 6.08 Å². The van der Waals surface area contributed by atoms with Crippen LogP contribution in [0.2, 0.25) is 0 Å². The van der Waals surface area contributed by atoms with Crippen molar-refractivity contribution in [3.63, 3.8) is 0 Å². The first-order chi connectivity index (χ1) is 14.7. The summed E-state index contributed by atoms with van der Waals surface area (Å²) >= 11 is 0.